The Balaban J connectivity index is 1.62. The van der Waals surface area contributed by atoms with E-state index in [2.05, 4.69) is 22.8 Å². The summed E-state index contributed by atoms with van der Waals surface area (Å²) in [5.41, 5.74) is 4.50. The highest BCUT2D eigenvalue weighted by atomic mass is 16.5. The Bertz CT molecular complexity index is 895. The van der Waals surface area contributed by atoms with Gasteiger partial charge in [0.2, 0.25) is 5.91 Å². The van der Waals surface area contributed by atoms with Gasteiger partial charge in [0.15, 0.2) is 0 Å². The first kappa shape index (κ1) is 21.4. The van der Waals surface area contributed by atoms with Crippen LogP contribution in [0.1, 0.15) is 37.3 Å². The lowest BCUT2D eigenvalue weighted by molar-refractivity contribution is -0.137. The summed E-state index contributed by atoms with van der Waals surface area (Å²) < 4.78 is 5.49. The van der Waals surface area contributed by atoms with Gasteiger partial charge >= 0.3 is 12.1 Å². The molecule has 1 atom stereocenters. The molecule has 2 aromatic carbocycles. The van der Waals surface area contributed by atoms with Gasteiger partial charge in [0.05, 0.1) is 6.42 Å². The van der Waals surface area contributed by atoms with Crippen molar-refractivity contribution in [2.24, 2.45) is 5.92 Å². The zero-order valence-corrected chi connectivity index (χ0v) is 17.1. The monoisotopic (exact) mass is 410 g/mol. The highest BCUT2D eigenvalue weighted by molar-refractivity contribution is 5.86. The number of nitrogens with one attached hydrogen (secondary N) is 2. The largest absolute Gasteiger partial charge is 0.481 e. The molecule has 0 saturated heterocycles. The second kappa shape index (κ2) is 9.43. The van der Waals surface area contributed by atoms with E-state index in [9.17, 15) is 14.4 Å². The van der Waals surface area contributed by atoms with Crippen molar-refractivity contribution in [3.8, 4) is 11.1 Å². The van der Waals surface area contributed by atoms with Crippen molar-refractivity contribution in [1.29, 1.82) is 0 Å². The Morgan fingerprint density at radius 3 is 2.10 bits per heavy atom. The Kier molecular flexibility index (Phi) is 6.72. The summed E-state index contributed by atoms with van der Waals surface area (Å²) in [5.74, 6) is -1.68. The highest BCUT2D eigenvalue weighted by Crippen LogP contribution is 2.44. The minimum Gasteiger partial charge on any atom is -0.481 e. The van der Waals surface area contributed by atoms with E-state index in [0.717, 1.165) is 22.3 Å². The molecule has 2 amide bonds. The fourth-order valence-electron chi connectivity index (χ4n) is 3.70. The molecule has 0 saturated carbocycles. The molecule has 0 fully saturated rings. The van der Waals surface area contributed by atoms with Crippen LogP contribution in [0.15, 0.2) is 48.5 Å². The SMILES string of the molecule is CC(C)C(NC(=O)OCC1c2ccccc2-c2ccccc21)C(=O)NCCC(=O)O. The van der Waals surface area contributed by atoms with Crippen molar-refractivity contribution in [1.82, 2.24) is 10.6 Å². The molecule has 3 N–H and O–H groups in total. The first-order valence-electron chi connectivity index (χ1n) is 9.99. The Hall–Kier alpha value is -3.35. The molecular formula is C23H26N2O5. The summed E-state index contributed by atoms with van der Waals surface area (Å²) in [4.78, 5) is 35.3. The third-order valence-corrected chi connectivity index (χ3v) is 5.20. The molecule has 1 aliphatic carbocycles. The summed E-state index contributed by atoms with van der Waals surface area (Å²) in [6.07, 6.45) is -0.856. The van der Waals surface area contributed by atoms with Crippen LogP contribution in [-0.4, -0.2) is 42.3 Å². The number of alkyl carbamates (subject to hydrolysis) is 1. The van der Waals surface area contributed by atoms with Crippen LogP contribution in [0.4, 0.5) is 4.79 Å². The van der Waals surface area contributed by atoms with Crippen LogP contribution < -0.4 is 10.6 Å². The van der Waals surface area contributed by atoms with Crippen LogP contribution in [0, 0.1) is 5.92 Å². The summed E-state index contributed by atoms with van der Waals surface area (Å²) >= 11 is 0. The molecule has 7 heteroatoms. The van der Waals surface area contributed by atoms with Gasteiger partial charge in [-0.05, 0) is 28.2 Å². The normalized spacial score (nSPS) is 13.3. The number of carbonyl (C=O) groups is 3. The Morgan fingerprint density at radius 2 is 1.57 bits per heavy atom. The average molecular weight is 410 g/mol. The number of hydrogen-bond donors (Lipinski definition) is 3. The van der Waals surface area contributed by atoms with Crippen molar-refractivity contribution in [2.75, 3.05) is 13.2 Å². The van der Waals surface area contributed by atoms with Gasteiger partial charge in [-0.3, -0.25) is 9.59 Å². The van der Waals surface area contributed by atoms with E-state index in [1.807, 2.05) is 36.4 Å². The number of fused-ring (bicyclic) bond motifs is 3. The molecule has 3 rings (SSSR count). The number of benzene rings is 2. The molecule has 158 valence electrons. The molecule has 1 unspecified atom stereocenters. The van der Waals surface area contributed by atoms with Gasteiger partial charge in [0.1, 0.15) is 12.6 Å². The van der Waals surface area contributed by atoms with Crippen molar-refractivity contribution in [3.63, 3.8) is 0 Å². The van der Waals surface area contributed by atoms with Gasteiger partial charge in [-0.1, -0.05) is 62.4 Å². The number of amides is 2. The second-order valence-corrected chi connectivity index (χ2v) is 7.63. The molecule has 2 aromatic rings. The van der Waals surface area contributed by atoms with Gasteiger partial charge in [-0.15, -0.1) is 0 Å². The van der Waals surface area contributed by atoms with E-state index >= 15 is 0 Å². The zero-order valence-electron chi connectivity index (χ0n) is 17.1. The number of carboxylic acid groups (broad SMARTS) is 1. The topological polar surface area (TPSA) is 105 Å². The number of carbonyl (C=O) groups excluding carboxylic acids is 2. The van der Waals surface area contributed by atoms with Crippen LogP contribution in [-0.2, 0) is 14.3 Å². The molecule has 1 aliphatic rings. The van der Waals surface area contributed by atoms with Gasteiger partial charge in [0, 0.05) is 12.5 Å². The summed E-state index contributed by atoms with van der Waals surface area (Å²) in [6.45, 7) is 3.76. The lowest BCUT2D eigenvalue weighted by Gasteiger charge is -2.22. The van der Waals surface area contributed by atoms with Gasteiger partial charge < -0.3 is 20.5 Å². The number of rotatable bonds is 8. The summed E-state index contributed by atoms with van der Waals surface area (Å²) in [5, 5.41) is 13.8. The molecular weight excluding hydrogens is 384 g/mol. The molecule has 7 nitrogen and oxygen atoms in total. The Labute approximate surface area is 175 Å². The molecule has 0 heterocycles. The van der Waals surface area contributed by atoms with E-state index in [4.69, 9.17) is 9.84 Å². The van der Waals surface area contributed by atoms with Crippen molar-refractivity contribution < 1.29 is 24.2 Å². The van der Waals surface area contributed by atoms with Crippen molar-refractivity contribution >= 4 is 18.0 Å². The maximum atomic E-state index is 12.4. The lowest BCUT2D eigenvalue weighted by atomic mass is 9.98. The Morgan fingerprint density at radius 1 is 1.00 bits per heavy atom. The predicted molar refractivity (Wildman–Crippen MR) is 112 cm³/mol. The first-order valence-corrected chi connectivity index (χ1v) is 9.99. The van der Waals surface area contributed by atoms with Crippen LogP contribution >= 0.6 is 0 Å². The number of hydrogen-bond acceptors (Lipinski definition) is 4. The van der Waals surface area contributed by atoms with Crippen molar-refractivity contribution in [3.05, 3.63) is 59.7 Å². The van der Waals surface area contributed by atoms with E-state index in [1.54, 1.807) is 13.8 Å². The zero-order chi connectivity index (χ0) is 21.7. The fraction of sp³-hybridized carbons (Fsp3) is 0.348. The van der Waals surface area contributed by atoms with E-state index in [1.165, 1.54) is 0 Å². The highest BCUT2D eigenvalue weighted by Gasteiger charge is 2.30. The van der Waals surface area contributed by atoms with Crippen LogP contribution in [0.25, 0.3) is 11.1 Å². The molecule has 0 spiro atoms. The average Bonchev–Trinajstić information content (AvgIpc) is 3.03. The number of ether oxygens (including phenoxy) is 1. The van der Waals surface area contributed by atoms with Gasteiger partial charge in [-0.25, -0.2) is 4.79 Å². The maximum absolute atomic E-state index is 12.4. The quantitative estimate of drug-likeness (QED) is 0.620. The first-order chi connectivity index (χ1) is 14.4. The number of aliphatic carboxylic acids is 1. The van der Waals surface area contributed by atoms with E-state index < -0.39 is 24.0 Å². The molecule has 0 aliphatic heterocycles. The third kappa shape index (κ3) is 4.79. The van der Waals surface area contributed by atoms with Gasteiger partial charge in [0.25, 0.3) is 0 Å². The second-order valence-electron chi connectivity index (χ2n) is 7.63. The van der Waals surface area contributed by atoms with Crippen molar-refractivity contribution in [2.45, 2.75) is 32.2 Å². The fourth-order valence-corrected chi connectivity index (χ4v) is 3.70. The minimum atomic E-state index is -0.999. The van der Waals surface area contributed by atoms with Crippen LogP contribution in [0.3, 0.4) is 0 Å². The molecule has 30 heavy (non-hydrogen) atoms. The maximum Gasteiger partial charge on any atom is 0.407 e. The molecule has 0 radical (unpaired) electrons. The van der Waals surface area contributed by atoms with Crippen LogP contribution in [0.2, 0.25) is 0 Å². The summed E-state index contributed by atoms with van der Waals surface area (Å²) in [7, 11) is 0. The third-order valence-electron chi connectivity index (χ3n) is 5.20. The lowest BCUT2D eigenvalue weighted by Crippen LogP contribution is -2.50. The summed E-state index contributed by atoms with van der Waals surface area (Å²) in [6, 6.07) is 15.3. The van der Waals surface area contributed by atoms with Crippen LogP contribution in [0.5, 0.6) is 0 Å². The van der Waals surface area contributed by atoms with E-state index in [-0.39, 0.29) is 31.4 Å². The number of carboxylic acids is 1. The standard InChI is InChI=1S/C23H26N2O5/c1-14(2)21(22(28)24-12-11-20(26)27)25-23(29)30-13-19-17-9-5-3-7-15(17)16-8-4-6-10-18(16)19/h3-10,14,19,21H,11-13H2,1-2H3,(H,24,28)(H,25,29)(H,26,27). The smallest absolute Gasteiger partial charge is 0.407 e. The predicted octanol–water partition coefficient (Wildman–Crippen LogP) is 3.14. The van der Waals surface area contributed by atoms with E-state index in [0.29, 0.717) is 0 Å². The minimum absolute atomic E-state index is 0.00373. The molecule has 0 bridgehead atoms. The molecule has 0 aromatic heterocycles. The van der Waals surface area contributed by atoms with Gasteiger partial charge in [-0.2, -0.15) is 0 Å².